The molecular formula is C10H13NO3S. The zero-order valence-electron chi connectivity index (χ0n) is 8.56. The molecule has 0 saturated carbocycles. The van der Waals surface area contributed by atoms with Crippen LogP contribution in [-0.4, -0.2) is 23.7 Å². The Morgan fingerprint density at radius 2 is 2.67 bits per heavy atom. The lowest BCUT2D eigenvalue weighted by atomic mass is 10.2. The molecule has 2 heterocycles. The van der Waals surface area contributed by atoms with Crippen LogP contribution in [0, 0.1) is 6.92 Å². The largest absolute Gasteiger partial charge is 0.456 e. The van der Waals surface area contributed by atoms with E-state index in [9.17, 15) is 4.79 Å². The van der Waals surface area contributed by atoms with E-state index in [1.807, 2.05) is 12.3 Å². The van der Waals surface area contributed by atoms with Gasteiger partial charge in [-0.3, -0.25) is 0 Å². The Morgan fingerprint density at radius 3 is 3.27 bits per heavy atom. The van der Waals surface area contributed by atoms with E-state index in [2.05, 4.69) is 4.98 Å². The molecule has 1 atom stereocenters. The first-order valence-electron chi connectivity index (χ1n) is 4.95. The molecule has 5 heteroatoms. The number of carbonyl (C=O) groups excluding carboxylic acids is 1. The van der Waals surface area contributed by atoms with Gasteiger partial charge in [0.25, 0.3) is 0 Å². The summed E-state index contributed by atoms with van der Waals surface area (Å²) in [4.78, 5) is 15.7. The molecule has 0 amide bonds. The number of esters is 1. The highest BCUT2D eigenvalue weighted by atomic mass is 32.1. The summed E-state index contributed by atoms with van der Waals surface area (Å²) >= 11 is 1.50. The van der Waals surface area contributed by atoms with Crippen molar-refractivity contribution >= 4 is 17.3 Å². The van der Waals surface area contributed by atoms with Crippen molar-refractivity contribution in [2.75, 3.05) is 6.61 Å². The predicted molar refractivity (Wildman–Crippen MR) is 55.6 cm³/mol. The molecule has 1 aromatic heterocycles. The minimum Gasteiger partial charge on any atom is -0.456 e. The minimum absolute atomic E-state index is 0.261. The van der Waals surface area contributed by atoms with Crippen LogP contribution in [0.3, 0.4) is 0 Å². The average Bonchev–Trinajstić information content (AvgIpc) is 2.84. The molecule has 2 rings (SSSR count). The summed E-state index contributed by atoms with van der Waals surface area (Å²) in [6.07, 6.45) is 1.36. The minimum atomic E-state index is -0.356. The summed E-state index contributed by atoms with van der Waals surface area (Å²) in [7, 11) is 0. The van der Waals surface area contributed by atoms with Crippen LogP contribution in [0.4, 0.5) is 0 Å². The van der Waals surface area contributed by atoms with Crippen LogP contribution in [0.1, 0.15) is 23.5 Å². The summed E-state index contributed by atoms with van der Waals surface area (Å²) in [6.45, 7) is 2.84. The number of hydrogen-bond acceptors (Lipinski definition) is 5. The molecule has 1 unspecified atom stereocenters. The molecule has 0 aliphatic carbocycles. The Hall–Kier alpha value is -0.940. The van der Waals surface area contributed by atoms with E-state index in [0.29, 0.717) is 6.61 Å². The Balaban J connectivity index is 1.80. The molecule has 1 fully saturated rings. The highest BCUT2D eigenvalue weighted by molar-refractivity contribution is 7.09. The number of aryl methyl sites for hydroxylation is 1. The van der Waals surface area contributed by atoms with E-state index in [-0.39, 0.29) is 18.7 Å². The maximum absolute atomic E-state index is 11.5. The molecule has 0 aromatic carbocycles. The fourth-order valence-electron chi connectivity index (χ4n) is 1.46. The van der Waals surface area contributed by atoms with Gasteiger partial charge in [0.05, 0.1) is 0 Å². The van der Waals surface area contributed by atoms with Crippen LogP contribution >= 0.6 is 11.3 Å². The summed E-state index contributed by atoms with van der Waals surface area (Å²) in [5, 5.41) is 2.77. The van der Waals surface area contributed by atoms with Crippen LogP contribution in [0.25, 0.3) is 0 Å². The lowest BCUT2D eigenvalue weighted by molar-refractivity contribution is -0.155. The number of carbonyl (C=O) groups is 1. The van der Waals surface area contributed by atoms with Crippen molar-refractivity contribution in [1.29, 1.82) is 0 Å². The Morgan fingerprint density at radius 1 is 1.80 bits per heavy atom. The highest BCUT2D eigenvalue weighted by Crippen LogP contribution is 2.15. The highest BCUT2D eigenvalue weighted by Gasteiger charge is 2.25. The van der Waals surface area contributed by atoms with Gasteiger partial charge < -0.3 is 9.47 Å². The zero-order valence-corrected chi connectivity index (χ0v) is 9.38. The van der Waals surface area contributed by atoms with Crippen molar-refractivity contribution < 1.29 is 14.3 Å². The van der Waals surface area contributed by atoms with Crippen LogP contribution in [0.15, 0.2) is 5.38 Å². The van der Waals surface area contributed by atoms with Gasteiger partial charge >= 0.3 is 5.97 Å². The van der Waals surface area contributed by atoms with Gasteiger partial charge in [-0.2, -0.15) is 0 Å². The van der Waals surface area contributed by atoms with Gasteiger partial charge in [-0.1, -0.05) is 0 Å². The van der Waals surface area contributed by atoms with E-state index >= 15 is 0 Å². The quantitative estimate of drug-likeness (QED) is 0.737. The molecule has 0 bridgehead atoms. The van der Waals surface area contributed by atoms with Crippen molar-refractivity contribution in [1.82, 2.24) is 4.98 Å². The van der Waals surface area contributed by atoms with Gasteiger partial charge in [-0.15, -0.1) is 11.3 Å². The molecule has 15 heavy (non-hydrogen) atoms. The van der Waals surface area contributed by atoms with E-state index in [4.69, 9.17) is 9.47 Å². The average molecular weight is 227 g/mol. The summed E-state index contributed by atoms with van der Waals surface area (Å²) in [5.41, 5.74) is 0.961. The van der Waals surface area contributed by atoms with Crippen LogP contribution in [-0.2, 0) is 20.9 Å². The maximum atomic E-state index is 11.5. The van der Waals surface area contributed by atoms with E-state index in [1.54, 1.807) is 0 Å². The third-order valence-electron chi connectivity index (χ3n) is 2.20. The molecule has 4 nitrogen and oxygen atoms in total. The maximum Gasteiger partial charge on any atom is 0.335 e. The van der Waals surface area contributed by atoms with Crippen molar-refractivity contribution in [2.45, 2.75) is 32.5 Å². The molecule has 0 N–H and O–H groups in total. The van der Waals surface area contributed by atoms with Crippen molar-refractivity contribution in [3.63, 3.8) is 0 Å². The second-order valence-electron chi connectivity index (χ2n) is 3.49. The Labute approximate surface area is 92.2 Å². The van der Waals surface area contributed by atoms with Gasteiger partial charge in [-0.05, 0) is 19.8 Å². The van der Waals surface area contributed by atoms with Crippen LogP contribution in [0.2, 0.25) is 0 Å². The second-order valence-corrected chi connectivity index (χ2v) is 4.43. The van der Waals surface area contributed by atoms with E-state index in [1.165, 1.54) is 11.3 Å². The zero-order chi connectivity index (χ0) is 10.7. The second kappa shape index (κ2) is 4.72. The van der Waals surface area contributed by atoms with Gasteiger partial charge in [0, 0.05) is 17.7 Å². The van der Waals surface area contributed by atoms with E-state index < -0.39 is 0 Å². The number of nitrogens with zero attached hydrogens (tertiary/aromatic N) is 1. The van der Waals surface area contributed by atoms with Crippen molar-refractivity contribution in [2.24, 2.45) is 0 Å². The first-order chi connectivity index (χ1) is 7.25. The normalized spacial score (nSPS) is 20.5. The van der Waals surface area contributed by atoms with Gasteiger partial charge in [0.15, 0.2) is 6.10 Å². The lowest BCUT2D eigenvalue weighted by Gasteiger charge is -2.07. The first-order valence-corrected chi connectivity index (χ1v) is 5.83. The van der Waals surface area contributed by atoms with Gasteiger partial charge in [-0.25, -0.2) is 9.78 Å². The molecule has 1 aliphatic rings. The summed E-state index contributed by atoms with van der Waals surface area (Å²) in [5.74, 6) is -0.264. The van der Waals surface area contributed by atoms with E-state index in [0.717, 1.165) is 23.5 Å². The fraction of sp³-hybridized carbons (Fsp3) is 0.600. The molecule has 0 spiro atoms. The van der Waals surface area contributed by atoms with Gasteiger partial charge in [0.1, 0.15) is 11.6 Å². The molecular weight excluding hydrogens is 214 g/mol. The van der Waals surface area contributed by atoms with Crippen LogP contribution < -0.4 is 0 Å². The third-order valence-corrected chi connectivity index (χ3v) is 3.14. The van der Waals surface area contributed by atoms with Crippen molar-refractivity contribution in [3.8, 4) is 0 Å². The number of aromatic nitrogens is 1. The monoisotopic (exact) mass is 227 g/mol. The van der Waals surface area contributed by atoms with Gasteiger partial charge in [0.2, 0.25) is 0 Å². The number of hydrogen-bond donors (Lipinski definition) is 0. The predicted octanol–water partition coefficient (Wildman–Crippen LogP) is 1.67. The summed E-state index contributed by atoms with van der Waals surface area (Å²) < 4.78 is 10.3. The number of rotatable bonds is 3. The van der Waals surface area contributed by atoms with Crippen molar-refractivity contribution in [3.05, 3.63) is 16.1 Å². The third kappa shape index (κ3) is 2.76. The molecule has 1 aromatic rings. The topological polar surface area (TPSA) is 48.4 Å². The molecule has 0 radical (unpaired) electrons. The Kier molecular flexibility index (Phi) is 3.33. The fourth-order valence-corrected chi connectivity index (χ4v) is 2.14. The SMILES string of the molecule is Cc1csc(COC(=O)C2CCCO2)n1. The first kappa shape index (κ1) is 10.6. The molecule has 1 saturated heterocycles. The summed E-state index contributed by atoms with van der Waals surface area (Å²) in [6, 6.07) is 0. The molecule has 1 aliphatic heterocycles. The molecule has 82 valence electrons. The number of thiazole rings is 1. The Bertz CT molecular complexity index is 344. The smallest absolute Gasteiger partial charge is 0.335 e. The van der Waals surface area contributed by atoms with Crippen LogP contribution in [0.5, 0.6) is 0 Å². The lowest BCUT2D eigenvalue weighted by Crippen LogP contribution is -2.21. The standard InChI is InChI=1S/C10H13NO3S/c1-7-6-15-9(11-7)5-14-10(12)8-3-2-4-13-8/h6,8H,2-5H2,1H3. The number of ether oxygens (including phenoxy) is 2.